The highest BCUT2D eigenvalue weighted by Crippen LogP contribution is 2.26. The van der Waals surface area contributed by atoms with E-state index in [0.717, 1.165) is 24.2 Å². The molecule has 3 rings (SSSR count). The third-order valence-corrected chi connectivity index (χ3v) is 4.39. The van der Waals surface area contributed by atoms with Gasteiger partial charge in [0.05, 0.1) is 14.2 Å². The summed E-state index contributed by atoms with van der Waals surface area (Å²) < 4.78 is 10.5. The molecule has 0 unspecified atom stereocenters. The molecule has 1 amide bonds. The molecule has 0 aromatic heterocycles. The molecule has 1 heterocycles. The first kappa shape index (κ1) is 17.7. The van der Waals surface area contributed by atoms with Crippen LogP contribution in [0.15, 0.2) is 48.5 Å². The van der Waals surface area contributed by atoms with Crippen LogP contribution in [0.3, 0.4) is 0 Å². The van der Waals surface area contributed by atoms with Gasteiger partial charge in [0.15, 0.2) is 5.78 Å². The highest BCUT2D eigenvalue weighted by Gasteiger charge is 2.21. The van der Waals surface area contributed by atoms with E-state index in [1.165, 1.54) is 6.08 Å². The Hall–Kier alpha value is -3.08. The molecule has 134 valence electrons. The minimum absolute atomic E-state index is 0.109. The number of hydrogen-bond acceptors (Lipinski definition) is 4. The predicted molar refractivity (Wildman–Crippen MR) is 101 cm³/mol. The second-order valence-corrected chi connectivity index (χ2v) is 6.00. The molecule has 2 aromatic carbocycles. The Morgan fingerprint density at radius 2 is 1.85 bits per heavy atom. The van der Waals surface area contributed by atoms with Crippen LogP contribution in [-0.4, -0.2) is 32.5 Å². The van der Waals surface area contributed by atoms with Gasteiger partial charge in [0.25, 0.3) is 0 Å². The van der Waals surface area contributed by atoms with E-state index in [1.807, 2.05) is 24.3 Å². The van der Waals surface area contributed by atoms with Crippen LogP contribution < -0.4 is 14.4 Å². The van der Waals surface area contributed by atoms with E-state index in [-0.39, 0.29) is 11.7 Å². The summed E-state index contributed by atoms with van der Waals surface area (Å²) in [7, 11) is 3.17. The van der Waals surface area contributed by atoms with Gasteiger partial charge in [0, 0.05) is 35.8 Å². The Balaban J connectivity index is 1.73. The van der Waals surface area contributed by atoms with Gasteiger partial charge in [0.1, 0.15) is 11.5 Å². The van der Waals surface area contributed by atoms with Crippen LogP contribution in [0.4, 0.5) is 5.69 Å². The van der Waals surface area contributed by atoms with Crippen molar-refractivity contribution in [3.8, 4) is 11.5 Å². The average Bonchev–Trinajstić information content (AvgIpc) is 3.12. The van der Waals surface area contributed by atoms with E-state index in [4.69, 9.17) is 9.47 Å². The zero-order valence-corrected chi connectivity index (χ0v) is 14.9. The molecule has 1 saturated heterocycles. The summed E-state index contributed by atoms with van der Waals surface area (Å²) >= 11 is 0. The van der Waals surface area contributed by atoms with Gasteiger partial charge in [-0.2, -0.15) is 0 Å². The molecule has 0 atom stereocenters. The molecule has 0 spiro atoms. The fourth-order valence-electron chi connectivity index (χ4n) is 2.94. The van der Waals surface area contributed by atoms with Crippen LogP contribution in [-0.2, 0) is 4.79 Å². The number of amides is 1. The Labute approximate surface area is 152 Å². The van der Waals surface area contributed by atoms with Gasteiger partial charge in [-0.1, -0.05) is 0 Å². The minimum Gasteiger partial charge on any atom is -0.497 e. The zero-order chi connectivity index (χ0) is 18.5. The predicted octanol–water partition coefficient (Wildman–Crippen LogP) is 3.73. The summed E-state index contributed by atoms with van der Waals surface area (Å²) in [6.07, 6.45) is 4.71. The number of benzene rings is 2. The number of hydrogen-bond donors (Lipinski definition) is 0. The van der Waals surface area contributed by atoms with Gasteiger partial charge in [-0.25, -0.2) is 0 Å². The van der Waals surface area contributed by atoms with Crippen molar-refractivity contribution in [1.82, 2.24) is 0 Å². The highest BCUT2D eigenvalue weighted by atomic mass is 16.5. The number of allylic oxidation sites excluding steroid dienone is 1. The molecule has 5 nitrogen and oxygen atoms in total. The van der Waals surface area contributed by atoms with Gasteiger partial charge in [-0.15, -0.1) is 0 Å². The topological polar surface area (TPSA) is 55.8 Å². The third kappa shape index (κ3) is 3.77. The highest BCUT2D eigenvalue weighted by molar-refractivity contribution is 6.07. The number of rotatable bonds is 6. The number of ether oxygens (including phenoxy) is 2. The molecule has 0 aliphatic carbocycles. The Bertz CT molecular complexity index is 840. The second kappa shape index (κ2) is 7.87. The molecular weight excluding hydrogens is 330 g/mol. The lowest BCUT2D eigenvalue weighted by molar-refractivity contribution is -0.117. The number of carbonyl (C=O) groups excluding carboxylic acids is 2. The molecule has 0 bridgehead atoms. The number of ketones is 1. The van der Waals surface area contributed by atoms with E-state index in [1.54, 1.807) is 43.4 Å². The number of anilines is 1. The fraction of sp³-hybridized carbons (Fsp3) is 0.238. The van der Waals surface area contributed by atoms with E-state index >= 15 is 0 Å². The van der Waals surface area contributed by atoms with Gasteiger partial charge in [-0.3, -0.25) is 9.59 Å². The van der Waals surface area contributed by atoms with Gasteiger partial charge < -0.3 is 14.4 Å². The lowest BCUT2D eigenvalue weighted by Crippen LogP contribution is -2.23. The molecule has 2 aromatic rings. The smallest absolute Gasteiger partial charge is 0.227 e. The van der Waals surface area contributed by atoms with Crippen molar-refractivity contribution >= 4 is 23.5 Å². The summed E-state index contributed by atoms with van der Waals surface area (Å²) in [5, 5.41) is 0. The summed E-state index contributed by atoms with van der Waals surface area (Å²) in [5.74, 6) is 1.35. The molecule has 1 aliphatic rings. The molecule has 5 heteroatoms. The summed E-state index contributed by atoms with van der Waals surface area (Å²) in [5.41, 5.74) is 2.20. The van der Waals surface area contributed by atoms with Crippen molar-refractivity contribution in [1.29, 1.82) is 0 Å². The quantitative estimate of drug-likeness (QED) is 0.588. The SMILES string of the molecule is COc1ccc(/C=C/C(=O)c2ccc(N3CCCC3=O)cc2)c(OC)c1. The van der Waals surface area contributed by atoms with Crippen molar-refractivity contribution < 1.29 is 19.1 Å². The Kier molecular flexibility index (Phi) is 5.37. The maximum Gasteiger partial charge on any atom is 0.227 e. The summed E-state index contributed by atoms with van der Waals surface area (Å²) in [6.45, 7) is 0.739. The standard InChI is InChI=1S/C21H21NO4/c1-25-18-11-7-16(20(14-18)26-2)8-12-19(23)15-5-9-17(10-6-15)22-13-3-4-21(22)24/h5-12,14H,3-4,13H2,1-2H3/b12-8+. The molecule has 0 radical (unpaired) electrons. The van der Waals surface area contributed by atoms with Crippen LogP contribution in [0.1, 0.15) is 28.8 Å². The number of methoxy groups -OCH3 is 2. The monoisotopic (exact) mass is 351 g/mol. The third-order valence-electron chi connectivity index (χ3n) is 4.39. The number of nitrogens with zero attached hydrogens (tertiary/aromatic N) is 1. The van der Waals surface area contributed by atoms with Gasteiger partial charge in [0.2, 0.25) is 5.91 Å². The van der Waals surface area contributed by atoms with Gasteiger partial charge in [-0.05, 0) is 55.0 Å². The maximum absolute atomic E-state index is 12.4. The lowest BCUT2D eigenvalue weighted by atomic mass is 10.1. The zero-order valence-electron chi connectivity index (χ0n) is 14.9. The van der Waals surface area contributed by atoms with Gasteiger partial charge >= 0.3 is 0 Å². The average molecular weight is 351 g/mol. The summed E-state index contributed by atoms with van der Waals surface area (Å²) in [6, 6.07) is 12.6. The summed E-state index contributed by atoms with van der Waals surface area (Å²) in [4.78, 5) is 25.9. The maximum atomic E-state index is 12.4. The fourth-order valence-corrected chi connectivity index (χ4v) is 2.94. The van der Waals surface area contributed by atoms with Crippen molar-refractivity contribution in [3.05, 3.63) is 59.7 Å². The van der Waals surface area contributed by atoms with Crippen LogP contribution in [0.5, 0.6) is 11.5 Å². The van der Waals surface area contributed by atoms with Crippen LogP contribution in [0.25, 0.3) is 6.08 Å². The van der Waals surface area contributed by atoms with Crippen molar-refractivity contribution in [2.75, 3.05) is 25.7 Å². The molecule has 0 saturated carbocycles. The van der Waals surface area contributed by atoms with Crippen molar-refractivity contribution in [3.63, 3.8) is 0 Å². The Morgan fingerprint density at radius 1 is 1.08 bits per heavy atom. The normalized spacial score (nSPS) is 14.1. The second-order valence-electron chi connectivity index (χ2n) is 6.00. The van der Waals surface area contributed by atoms with Crippen LogP contribution >= 0.6 is 0 Å². The first-order valence-corrected chi connectivity index (χ1v) is 8.47. The first-order valence-electron chi connectivity index (χ1n) is 8.47. The van der Waals surface area contributed by atoms with E-state index < -0.39 is 0 Å². The molecule has 1 fully saturated rings. The van der Waals surface area contributed by atoms with Crippen LogP contribution in [0.2, 0.25) is 0 Å². The minimum atomic E-state index is -0.109. The van der Waals surface area contributed by atoms with E-state index in [2.05, 4.69) is 0 Å². The van der Waals surface area contributed by atoms with E-state index in [0.29, 0.717) is 23.5 Å². The molecular formula is C21H21NO4. The lowest BCUT2D eigenvalue weighted by Gasteiger charge is -2.15. The van der Waals surface area contributed by atoms with Crippen molar-refractivity contribution in [2.45, 2.75) is 12.8 Å². The largest absolute Gasteiger partial charge is 0.497 e. The van der Waals surface area contributed by atoms with Crippen LogP contribution in [0, 0.1) is 0 Å². The van der Waals surface area contributed by atoms with Crippen molar-refractivity contribution in [2.24, 2.45) is 0 Å². The first-order chi connectivity index (χ1) is 12.6. The van der Waals surface area contributed by atoms with E-state index in [9.17, 15) is 9.59 Å². The Morgan fingerprint density at radius 3 is 2.46 bits per heavy atom. The molecule has 0 N–H and O–H groups in total. The number of carbonyl (C=O) groups is 2. The molecule has 1 aliphatic heterocycles. The molecule has 26 heavy (non-hydrogen) atoms.